The van der Waals surface area contributed by atoms with Crippen LogP contribution in [0.4, 0.5) is 22.1 Å². The molecule has 4 N–H and O–H groups in total. The number of carbonyl (C=O) groups excluding carboxylic acids is 1. The predicted octanol–water partition coefficient (Wildman–Crippen LogP) is 3.85. The predicted molar refractivity (Wildman–Crippen MR) is 118 cm³/mol. The first kappa shape index (κ1) is 19.9. The Kier molecular flexibility index (Phi) is 5.75. The van der Waals surface area contributed by atoms with Crippen molar-refractivity contribution in [3.05, 3.63) is 72.7 Å². The van der Waals surface area contributed by atoms with E-state index in [4.69, 9.17) is 15.2 Å². The Morgan fingerprint density at radius 1 is 1.00 bits per heavy atom. The second-order valence-corrected chi connectivity index (χ2v) is 6.55. The molecule has 0 saturated carbocycles. The monoisotopic (exact) mass is 416 g/mol. The number of rotatable bonds is 7. The number of pyridine rings is 1. The van der Waals surface area contributed by atoms with Crippen LogP contribution in [0.25, 0.3) is 10.8 Å². The van der Waals surface area contributed by atoms with Crippen molar-refractivity contribution in [2.24, 2.45) is 5.73 Å². The van der Waals surface area contributed by atoms with Crippen LogP contribution in [-0.2, 0) is 6.61 Å². The van der Waals surface area contributed by atoms with E-state index >= 15 is 0 Å². The van der Waals surface area contributed by atoms with Crippen molar-refractivity contribution >= 4 is 34.1 Å². The third-order valence-electron chi connectivity index (χ3n) is 4.45. The minimum atomic E-state index is -0.614. The van der Waals surface area contributed by atoms with Crippen LogP contribution in [0.1, 0.15) is 5.56 Å². The summed E-state index contributed by atoms with van der Waals surface area (Å²) in [5.41, 5.74) is 6.81. The Morgan fingerprint density at radius 2 is 1.84 bits per heavy atom. The van der Waals surface area contributed by atoms with Crippen molar-refractivity contribution in [1.82, 2.24) is 15.0 Å². The molecule has 0 radical (unpaired) electrons. The molecule has 0 spiro atoms. The number of ether oxygens (including phenoxy) is 2. The fourth-order valence-electron chi connectivity index (χ4n) is 3.05. The lowest BCUT2D eigenvalue weighted by molar-refractivity contribution is 0.259. The lowest BCUT2D eigenvalue weighted by Gasteiger charge is -2.13. The summed E-state index contributed by atoms with van der Waals surface area (Å²) < 4.78 is 11.1. The van der Waals surface area contributed by atoms with Crippen LogP contribution in [-0.4, -0.2) is 28.1 Å². The molecule has 0 atom stereocenters. The van der Waals surface area contributed by atoms with E-state index in [0.29, 0.717) is 35.6 Å². The molecule has 2 heterocycles. The molecule has 2 aromatic heterocycles. The summed E-state index contributed by atoms with van der Waals surface area (Å²) in [5.74, 6) is 2.30. The van der Waals surface area contributed by atoms with Crippen LogP contribution in [0.15, 0.2) is 67.1 Å². The van der Waals surface area contributed by atoms with Gasteiger partial charge in [0.25, 0.3) is 0 Å². The Morgan fingerprint density at radius 3 is 2.58 bits per heavy atom. The second-order valence-electron chi connectivity index (χ2n) is 6.55. The Balaban J connectivity index is 1.50. The number of fused-ring (bicyclic) bond motifs is 1. The van der Waals surface area contributed by atoms with Gasteiger partial charge in [0, 0.05) is 17.0 Å². The van der Waals surface area contributed by atoms with Gasteiger partial charge in [0.15, 0.2) is 0 Å². The summed E-state index contributed by atoms with van der Waals surface area (Å²) in [5, 5.41) is 7.45. The van der Waals surface area contributed by atoms with Crippen LogP contribution >= 0.6 is 0 Å². The first-order valence-corrected chi connectivity index (χ1v) is 9.41. The highest BCUT2D eigenvalue weighted by molar-refractivity contribution is 6.03. The molecule has 0 aliphatic rings. The molecule has 0 unspecified atom stereocenters. The number of nitrogens with two attached hydrogens (primary N) is 1. The number of anilines is 3. The van der Waals surface area contributed by atoms with E-state index in [9.17, 15) is 4.79 Å². The molecule has 0 aliphatic carbocycles. The van der Waals surface area contributed by atoms with Gasteiger partial charge in [-0.1, -0.05) is 24.3 Å². The Bertz CT molecular complexity index is 1210. The minimum absolute atomic E-state index is 0.331. The SMILES string of the molecule is COc1cnc(Nc2cc(COc3ccc(NC(N)=O)c4ccccc34)ccn2)cn1. The maximum Gasteiger partial charge on any atom is 0.316 e. The lowest BCUT2D eigenvalue weighted by Crippen LogP contribution is -2.19. The van der Waals surface area contributed by atoms with Gasteiger partial charge in [-0.3, -0.25) is 0 Å². The number of methoxy groups -OCH3 is 1. The van der Waals surface area contributed by atoms with Gasteiger partial charge in [-0.25, -0.2) is 19.7 Å². The third kappa shape index (κ3) is 4.78. The average Bonchev–Trinajstić information content (AvgIpc) is 2.79. The normalized spacial score (nSPS) is 10.5. The van der Waals surface area contributed by atoms with Crippen LogP contribution < -0.4 is 25.8 Å². The number of primary amides is 1. The van der Waals surface area contributed by atoms with Crippen molar-refractivity contribution in [1.29, 1.82) is 0 Å². The van der Waals surface area contributed by atoms with E-state index in [1.54, 1.807) is 24.5 Å². The summed E-state index contributed by atoms with van der Waals surface area (Å²) in [6.45, 7) is 0.331. The lowest BCUT2D eigenvalue weighted by atomic mass is 10.1. The first-order chi connectivity index (χ1) is 15.1. The molecule has 4 rings (SSSR count). The number of nitrogens with one attached hydrogen (secondary N) is 2. The highest BCUT2D eigenvalue weighted by Gasteiger charge is 2.09. The molecule has 2 aromatic carbocycles. The number of hydrogen-bond acceptors (Lipinski definition) is 7. The average molecular weight is 416 g/mol. The standard InChI is InChI=1S/C22H20N6O3/c1-30-21-12-25-20(11-26-21)28-19-10-14(8-9-24-19)13-31-18-7-6-17(27-22(23)29)15-4-2-3-5-16(15)18/h2-12H,13H2,1H3,(H3,23,27,29)(H,24,25,28). The smallest absolute Gasteiger partial charge is 0.316 e. The largest absolute Gasteiger partial charge is 0.488 e. The number of urea groups is 1. The van der Waals surface area contributed by atoms with Crippen LogP contribution in [0.2, 0.25) is 0 Å². The first-order valence-electron chi connectivity index (χ1n) is 9.41. The van der Waals surface area contributed by atoms with Gasteiger partial charge in [0.05, 0.1) is 25.2 Å². The molecule has 156 valence electrons. The summed E-state index contributed by atoms with van der Waals surface area (Å²) in [7, 11) is 1.53. The maximum absolute atomic E-state index is 11.3. The van der Waals surface area contributed by atoms with E-state index in [1.807, 2.05) is 36.4 Å². The molecule has 4 aromatic rings. The van der Waals surface area contributed by atoms with Gasteiger partial charge in [0.2, 0.25) is 5.88 Å². The van der Waals surface area contributed by atoms with Crippen molar-refractivity contribution in [2.75, 3.05) is 17.7 Å². The van der Waals surface area contributed by atoms with E-state index < -0.39 is 6.03 Å². The maximum atomic E-state index is 11.3. The zero-order valence-electron chi connectivity index (χ0n) is 16.7. The number of nitrogens with zero attached hydrogens (tertiary/aromatic N) is 3. The molecule has 9 heteroatoms. The highest BCUT2D eigenvalue weighted by atomic mass is 16.5. The van der Waals surface area contributed by atoms with E-state index in [0.717, 1.165) is 16.3 Å². The quantitative estimate of drug-likeness (QED) is 0.418. The molecular formula is C22H20N6O3. The van der Waals surface area contributed by atoms with Crippen molar-refractivity contribution < 1.29 is 14.3 Å². The van der Waals surface area contributed by atoms with Gasteiger partial charge < -0.3 is 25.8 Å². The van der Waals surface area contributed by atoms with Gasteiger partial charge in [-0.15, -0.1) is 0 Å². The summed E-state index contributed by atoms with van der Waals surface area (Å²) in [4.78, 5) is 23.9. The zero-order valence-corrected chi connectivity index (χ0v) is 16.7. The van der Waals surface area contributed by atoms with E-state index in [1.165, 1.54) is 13.3 Å². The fraction of sp³-hybridized carbons (Fsp3) is 0.0909. The van der Waals surface area contributed by atoms with Crippen LogP contribution in [0, 0.1) is 0 Å². The number of hydrogen-bond donors (Lipinski definition) is 3. The van der Waals surface area contributed by atoms with Gasteiger partial charge >= 0.3 is 6.03 Å². The number of aromatic nitrogens is 3. The zero-order chi connectivity index (χ0) is 21.6. The highest BCUT2D eigenvalue weighted by Crippen LogP contribution is 2.32. The van der Waals surface area contributed by atoms with E-state index in [2.05, 4.69) is 25.6 Å². The van der Waals surface area contributed by atoms with Crippen molar-refractivity contribution in [2.45, 2.75) is 6.61 Å². The second kappa shape index (κ2) is 8.95. The van der Waals surface area contributed by atoms with Crippen LogP contribution in [0.3, 0.4) is 0 Å². The van der Waals surface area contributed by atoms with Crippen molar-refractivity contribution in [3.63, 3.8) is 0 Å². The summed E-state index contributed by atoms with van der Waals surface area (Å²) in [6, 6.07) is 14.3. The van der Waals surface area contributed by atoms with Crippen molar-refractivity contribution in [3.8, 4) is 11.6 Å². The molecule has 0 fully saturated rings. The van der Waals surface area contributed by atoms with E-state index in [-0.39, 0.29) is 0 Å². The Hall–Kier alpha value is -4.40. The molecule has 0 saturated heterocycles. The fourth-order valence-corrected chi connectivity index (χ4v) is 3.05. The molecule has 0 aliphatic heterocycles. The van der Waals surface area contributed by atoms with Crippen LogP contribution in [0.5, 0.6) is 11.6 Å². The Labute approximate surface area is 178 Å². The third-order valence-corrected chi connectivity index (χ3v) is 4.45. The molecular weight excluding hydrogens is 396 g/mol. The topological polar surface area (TPSA) is 124 Å². The number of carbonyl (C=O) groups is 1. The molecule has 0 bridgehead atoms. The van der Waals surface area contributed by atoms with Gasteiger partial charge in [-0.05, 0) is 29.8 Å². The molecule has 9 nitrogen and oxygen atoms in total. The number of benzene rings is 2. The van der Waals surface area contributed by atoms with Gasteiger partial charge in [-0.2, -0.15) is 0 Å². The minimum Gasteiger partial charge on any atom is -0.488 e. The molecule has 2 amide bonds. The molecule has 31 heavy (non-hydrogen) atoms. The van der Waals surface area contributed by atoms with Gasteiger partial charge in [0.1, 0.15) is 24.0 Å². The summed E-state index contributed by atoms with van der Waals surface area (Å²) >= 11 is 0. The number of amides is 2. The summed E-state index contributed by atoms with van der Waals surface area (Å²) in [6.07, 6.45) is 4.78.